The van der Waals surface area contributed by atoms with E-state index in [0.717, 1.165) is 51.7 Å². The van der Waals surface area contributed by atoms with Crippen LogP contribution in [0.1, 0.15) is 62.5 Å². The molecule has 0 aromatic heterocycles. The lowest BCUT2D eigenvalue weighted by atomic mass is 9.92. The fraction of sp³-hybridized carbons (Fsp3) is 0.536. The van der Waals surface area contributed by atoms with Crippen LogP contribution < -0.4 is 0 Å². The van der Waals surface area contributed by atoms with E-state index in [0.29, 0.717) is 37.9 Å². The molecule has 178 valence electrons. The van der Waals surface area contributed by atoms with Crippen LogP contribution in [0.3, 0.4) is 0 Å². The van der Waals surface area contributed by atoms with Crippen molar-refractivity contribution in [2.24, 2.45) is 0 Å². The number of hydrogen-bond donors (Lipinski definition) is 0. The van der Waals surface area contributed by atoms with Crippen molar-refractivity contribution in [3.63, 3.8) is 0 Å². The van der Waals surface area contributed by atoms with Crippen LogP contribution in [0.2, 0.25) is 0 Å². The molecule has 3 fully saturated rings. The summed E-state index contributed by atoms with van der Waals surface area (Å²) in [6.07, 6.45) is 7.81. The van der Waals surface area contributed by atoms with Crippen LogP contribution in [0, 0.1) is 0 Å². The summed E-state index contributed by atoms with van der Waals surface area (Å²) in [7, 11) is 0. The predicted molar refractivity (Wildman–Crippen MR) is 127 cm³/mol. The second-order valence-electron chi connectivity index (χ2n) is 9.14. The molecule has 0 N–H and O–H groups in total. The van der Waals surface area contributed by atoms with Crippen molar-refractivity contribution in [2.75, 3.05) is 13.2 Å². The minimum Gasteiger partial charge on any atom is -0.374 e. The molecule has 1 spiro atoms. The Balaban J connectivity index is 0.000000160. The summed E-state index contributed by atoms with van der Waals surface area (Å²) >= 11 is 0. The van der Waals surface area contributed by atoms with Gasteiger partial charge in [-0.05, 0) is 36.8 Å². The molecule has 2 aromatic carbocycles. The largest absolute Gasteiger partial charge is 0.374 e. The molecule has 1 aliphatic heterocycles. The van der Waals surface area contributed by atoms with Crippen molar-refractivity contribution in [2.45, 2.75) is 82.6 Å². The zero-order chi connectivity index (χ0) is 22.8. The van der Waals surface area contributed by atoms with Crippen LogP contribution >= 0.6 is 0 Å². The SMILES string of the molecule is O=C1CCC(OCc2ccccc2)CC1.c1ccc(COC2CCC3(CC2)OCCO3)cc1. The van der Waals surface area contributed by atoms with E-state index in [1.54, 1.807) is 0 Å². The molecule has 5 nitrogen and oxygen atoms in total. The van der Waals surface area contributed by atoms with E-state index in [4.69, 9.17) is 18.9 Å². The number of ether oxygens (including phenoxy) is 4. The first-order valence-electron chi connectivity index (χ1n) is 12.3. The maximum atomic E-state index is 11.0. The molecule has 2 aromatic rings. The van der Waals surface area contributed by atoms with Crippen LogP contribution in [0.25, 0.3) is 0 Å². The van der Waals surface area contributed by atoms with Crippen LogP contribution in [0.5, 0.6) is 0 Å². The Bertz CT molecular complexity index is 812. The standard InChI is InChI=1S/C15H20O3.C13H16O2/c1-2-4-13(5-3-1)12-16-14-6-8-15(9-7-14)17-10-11-18-15;14-12-6-8-13(9-7-12)15-10-11-4-2-1-3-5-11/h1-5,14H,6-12H2;1-5,13H,6-10H2. The van der Waals surface area contributed by atoms with E-state index in [1.807, 2.05) is 24.3 Å². The Labute approximate surface area is 197 Å². The second-order valence-corrected chi connectivity index (χ2v) is 9.14. The van der Waals surface area contributed by atoms with Gasteiger partial charge in [-0.1, -0.05) is 60.7 Å². The monoisotopic (exact) mass is 452 g/mol. The predicted octanol–water partition coefficient (Wildman–Crippen LogP) is 5.60. The van der Waals surface area contributed by atoms with E-state index < -0.39 is 0 Å². The molecule has 0 radical (unpaired) electrons. The number of benzene rings is 2. The number of hydrogen-bond acceptors (Lipinski definition) is 5. The third-order valence-corrected chi connectivity index (χ3v) is 6.66. The average molecular weight is 453 g/mol. The topological polar surface area (TPSA) is 54.0 Å². The Hall–Kier alpha value is -2.05. The van der Waals surface area contributed by atoms with Crippen LogP contribution in [-0.4, -0.2) is 37.0 Å². The highest BCUT2D eigenvalue weighted by atomic mass is 16.7. The smallest absolute Gasteiger partial charge is 0.168 e. The zero-order valence-corrected chi connectivity index (χ0v) is 19.5. The summed E-state index contributed by atoms with van der Waals surface area (Å²) in [6, 6.07) is 20.5. The Morgan fingerprint density at radius 2 is 1.15 bits per heavy atom. The first kappa shape index (κ1) is 24.1. The number of ketones is 1. The number of carbonyl (C=O) groups is 1. The second kappa shape index (κ2) is 12.4. The highest BCUT2D eigenvalue weighted by Crippen LogP contribution is 2.36. The molecule has 2 saturated carbocycles. The molecule has 5 heteroatoms. The van der Waals surface area contributed by atoms with Gasteiger partial charge in [0.05, 0.1) is 38.6 Å². The van der Waals surface area contributed by atoms with Gasteiger partial charge in [-0.2, -0.15) is 0 Å². The van der Waals surface area contributed by atoms with Gasteiger partial charge in [0.15, 0.2) is 5.79 Å². The summed E-state index contributed by atoms with van der Waals surface area (Å²) < 4.78 is 23.2. The lowest BCUT2D eigenvalue weighted by Crippen LogP contribution is -2.37. The maximum Gasteiger partial charge on any atom is 0.168 e. The Kier molecular flexibility index (Phi) is 9.07. The quantitative estimate of drug-likeness (QED) is 0.571. The lowest BCUT2D eigenvalue weighted by molar-refractivity contribution is -0.192. The van der Waals surface area contributed by atoms with Gasteiger partial charge in [0, 0.05) is 25.7 Å². The van der Waals surface area contributed by atoms with E-state index in [2.05, 4.69) is 36.4 Å². The highest BCUT2D eigenvalue weighted by Gasteiger charge is 2.40. The number of rotatable bonds is 6. The van der Waals surface area contributed by atoms with E-state index in [9.17, 15) is 4.79 Å². The van der Waals surface area contributed by atoms with Crippen molar-refractivity contribution in [3.05, 3.63) is 71.8 Å². The minimum absolute atomic E-state index is 0.271. The number of Topliss-reactive ketones (excluding diaryl/α,β-unsaturated/α-hetero) is 1. The van der Waals surface area contributed by atoms with Gasteiger partial charge in [-0.15, -0.1) is 0 Å². The molecule has 0 atom stereocenters. The molecular weight excluding hydrogens is 416 g/mol. The molecule has 33 heavy (non-hydrogen) atoms. The van der Waals surface area contributed by atoms with Crippen LogP contribution in [0.15, 0.2) is 60.7 Å². The van der Waals surface area contributed by atoms with Gasteiger partial charge < -0.3 is 18.9 Å². The van der Waals surface area contributed by atoms with Gasteiger partial charge in [0.25, 0.3) is 0 Å². The summed E-state index contributed by atoms with van der Waals surface area (Å²) in [5, 5.41) is 0. The fourth-order valence-electron chi connectivity index (χ4n) is 4.64. The molecule has 0 amide bonds. The summed E-state index contributed by atoms with van der Waals surface area (Å²) in [5.41, 5.74) is 2.44. The average Bonchev–Trinajstić information content (AvgIpc) is 3.33. The Morgan fingerprint density at radius 3 is 1.64 bits per heavy atom. The van der Waals surface area contributed by atoms with Gasteiger partial charge in [-0.25, -0.2) is 0 Å². The zero-order valence-electron chi connectivity index (χ0n) is 19.5. The van der Waals surface area contributed by atoms with E-state index in [1.165, 1.54) is 11.1 Å². The van der Waals surface area contributed by atoms with Crippen molar-refractivity contribution in [1.82, 2.24) is 0 Å². The van der Waals surface area contributed by atoms with E-state index >= 15 is 0 Å². The Morgan fingerprint density at radius 1 is 0.697 bits per heavy atom. The highest BCUT2D eigenvalue weighted by molar-refractivity contribution is 5.79. The van der Waals surface area contributed by atoms with Crippen LogP contribution in [0.4, 0.5) is 0 Å². The molecule has 3 aliphatic rings. The lowest BCUT2D eigenvalue weighted by Gasteiger charge is -2.35. The normalized spacial score (nSPS) is 21.0. The molecule has 2 aliphatic carbocycles. The van der Waals surface area contributed by atoms with Gasteiger partial charge >= 0.3 is 0 Å². The van der Waals surface area contributed by atoms with Crippen molar-refractivity contribution in [3.8, 4) is 0 Å². The number of carbonyl (C=O) groups excluding carboxylic acids is 1. The molecular formula is C28H36O5. The fourth-order valence-corrected chi connectivity index (χ4v) is 4.64. The van der Waals surface area contributed by atoms with Gasteiger partial charge in [-0.3, -0.25) is 4.79 Å². The van der Waals surface area contributed by atoms with Crippen molar-refractivity contribution >= 4 is 5.78 Å². The summed E-state index contributed by atoms with van der Waals surface area (Å²) in [6.45, 7) is 2.87. The van der Waals surface area contributed by atoms with Crippen molar-refractivity contribution < 1.29 is 23.7 Å². The molecule has 1 heterocycles. The first-order valence-corrected chi connectivity index (χ1v) is 12.3. The van der Waals surface area contributed by atoms with E-state index in [-0.39, 0.29) is 11.9 Å². The van der Waals surface area contributed by atoms with Crippen molar-refractivity contribution in [1.29, 1.82) is 0 Å². The van der Waals surface area contributed by atoms with Crippen LogP contribution in [-0.2, 0) is 37.0 Å². The molecule has 5 rings (SSSR count). The summed E-state index contributed by atoms with van der Waals surface area (Å²) in [5.74, 6) is 0.113. The molecule has 0 bridgehead atoms. The minimum atomic E-state index is -0.271. The van der Waals surface area contributed by atoms with Gasteiger partial charge in [0.1, 0.15) is 5.78 Å². The molecule has 1 saturated heterocycles. The molecule has 0 unspecified atom stereocenters. The van der Waals surface area contributed by atoms with Gasteiger partial charge in [0.2, 0.25) is 0 Å². The third-order valence-electron chi connectivity index (χ3n) is 6.66. The third kappa shape index (κ3) is 7.75. The maximum absolute atomic E-state index is 11.0. The first-order chi connectivity index (χ1) is 16.2. The summed E-state index contributed by atoms with van der Waals surface area (Å²) in [4.78, 5) is 11.0.